The first-order chi connectivity index (χ1) is 12.0. The van der Waals surface area contributed by atoms with Gasteiger partial charge in [0, 0.05) is 37.3 Å². The summed E-state index contributed by atoms with van der Waals surface area (Å²) in [5, 5.41) is 7.29. The van der Waals surface area contributed by atoms with E-state index in [2.05, 4.69) is 23.5 Å². The number of aromatic nitrogens is 1. The Bertz CT molecular complexity index is 730. The zero-order valence-electron chi connectivity index (χ0n) is 15.2. The van der Waals surface area contributed by atoms with E-state index in [0.717, 1.165) is 22.6 Å². The van der Waals surface area contributed by atoms with Gasteiger partial charge in [-0.2, -0.15) is 0 Å². The molecule has 1 aromatic heterocycles. The number of rotatable bonds is 5. The van der Waals surface area contributed by atoms with E-state index in [-0.39, 0.29) is 11.9 Å². The van der Waals surface area contributed by atoms with E-state index in [4.69, 9.17) is 9.26 Å². The summed E-state index contributed by atoms with van der Waals surface area (Å²) in [6.45, 7) is 7.22. The molecule has 5 nitrogen and oxygen atoms in total. The average molecular weight is 342 g/mol. The summed E-state index contributed by atoms with van der Waals surface area (Å²) >= 11 is 0. The summed E-state index contributed by atoms with van der Waals surface area (Å²) in [5.74, 6) is 0.832. The van der Waals surface area contributed by atoms with Gasteiger partial charge in [0.25, 0.3) is 0 Å². The van der Waals surface area contributed by atoms with E-state index in [1.54, 1.807) is 0 Å². The molecule has 1 fully saturated rings. The molecule has 2 aromatic rings. The van der Waals surface area contributed by atoms with Crippen LogP contribution in [-0.4, -0.2) is 30.3 Å². The molecule has 5 heteroatoms. The molecule has 3 rings (SSSR count). The van der Waals surface area contributed by atoms with Crippen molar-refractivity contribution in [2.24, 2.45) is 5.41 Å². The number of hydrogen-bond donors (Lipinski definition) is 1. The normalized spacial score (nSPS) is 16.8. The third-order valence-electron chi connectivity index (χ3n) is 4.84. The Hall–Kier alpha value is -2.14. The molecule has 0 aliphatic carbocycles. The van der Waals surface area contributed by atoms with Crippen molar-refractivity contribution in [2.75, 3.05) is 13.2 Å². The molecule has 1 aliphatic heterocycles. The van der Waals surface area contributed by atoms with Gasteiger partial charge in [0.15, 0.2) is 0 Å². The Morgan fingerprint density at radius 1 is 1.28 bits per heavy atom. The number of carbonyl (C=O) groups is 1. The van der Waals surface area contributed by atoms with E-state index >= 15 is 0 Å². The molecule has 1 N–H and O–H groups in total. The van der Waals surface area contributed by atoms with E-state index in [1.807, 2.05) is 38.1 Å². The number of hydrogen-bond acceptors (Lipinski definition) is 4. The first-order valence-corrected chi connectivity index (χ1v) is 8.90. The van der Waals surface area contributed by atoms with Crippen LogP contribution in [0.15, 0.2) is 34.9 Å². The molecule has 1 saturated heterocycles. The number of ether oxygens (including phenoxy) is 1. The second kappa shape index (κ2) is 7.40. The minimum absolute atomic E-state index is 0.0830. The number of nitrogens with one attached hydrogen (secondary N) is 1. The first kappa shape index (κ1) is 17.7. The van der Waals surface area contributed by atoms with Gasteiger partial charge in [-0.25, -0.2) is 0 Å². The van der Waals surface area contributed by atoms with Crippen molar-refractivity contribution in [3.05, 3.63) is 41.7 Å². The van der Waals surface area contributed by atoms with Gasteiger partial charge in [0.1, 0.15) is 11.5 Å². The highest BCUT2D eigenvalue weighted by Gasteiger charge is 2.41. The van der Waals surface area contributed by atoms with E-state index < -0.39 is 5.41 Å². The highest BCUT2D eigenvalue weighted by Crippen LogP contribution is 2.36. The molecule has 0 unspecified atom stereocenters. The summed E-state index contributed by atoms with van der Waals surface area (Å²) in [6, 6.07) is 10.2. The molecule has 2 heterocycles. The summed E-state index contributed by atoms with van der Waals surface area (Å²) in [7, 11) is 0. The molecule has 1 amide bonds. The monoisotopic (exact) mass is 342 g/mol. The van der Waals surface area contributed by atoms with Crippen LogP contribution in [0.5, 0.6) is 0 Å². The third-order valence-corrected chi connectivity index (χ3v) is 4.84. The molecule has 0 saturated carbocycles. The molecular weight excluding hydrogens is 316 g/mol. The topological polar surface area (TPSA) is 64.4 Å². The highest BCUT2D eigenvalue weighted by molar-refractivity contribution is 5.83. The van der Waals surface area contributed by atoms with Crippen LogP contribution in [0.1, 0.15) is 38.0 Å². The van der Waals surface area contributed by atoms with Gasteiger partial charge >= 0.3 is 0 Å². The number of benzene rings is 1. The van der Waals surface area contributed by atoms with Crippen molar-refractivity contribution in [1.29, 1.82) is 0 Å². The van der Waals surface area contributed by atoms with Crippen molar-refractivity contribution in [1.82, 2.24) is 10.5 Å². The lowest BCUT2D eigenvalue weighted by Gasteiger charge is -2.35. The van der Waals surface area contributed by atoms with Gasteiger partial charge in [-0.15, -0.1) is 0 Å². The maximum Gasteiger partial charge on any atom is 0.227 e. The standard InChI is InChI=1S/C20H26N2O3/c1-14(2)21-19(23)20(8-10-24-11-9-20)13-16-12-18(22-25-16)17-7-5-4-6-15(17)3/h4-7,12,14H,8-11,13H2,1-3H3,(H,21,23). The zero-order chi connectivity index (χ0) is 17.9. The Labute approximate surface area is 148 Å². The van der Waals surface area contributed by atoms with Crippen LogP contribution < -0.4 is 5.32 Å². The lowest BCUT2D eigenvalue weighted by molar-refractivity contribution is -0.137. The maximum atomic E-state index is 12.8. The molecule has 0 radical (unpaired) electrons. The smallest absolute Gasteiger partial charge is 0.227 e. The molecule has 25 heavy (non-hydrogen) atoms. The first-order valence-electron chi connectivity index (χ1n) is 8.90. The van der Waals surface area contributed by atoms with Gasteiger partial charge in [-0.05, 0) is 39.2 Å². The van der Waals surface area contributed by atoms with E-state index in [1.165, 1.54) is 0 Å². The van der Waals surface area contributed by atoms with Crippen molar-refractivity contribution >= 4 is 5.91 Å². The van der Waals surface area contributed by atoms with Crippen LogP contribution in [0.25, 0.3) is 11.3 Å². The van der Waals surface area contributed by atoms with Gasteiger partial charge < -0.3 is 14.6 Å². The molecule has 0 bridgehead atoms. The highest BCUT2D eigenvalue weighted by atomic mass is 16.5. The van der Waals surface area contributed by atoms with Crippen LogP contribution in [-0.2, 0) is 16.0 Å². The second-order valence-corrected chi connectivity index (χ2v) is 7.19. The molecular formula is C20H26N2O3. The Morgan fingerprint density at radius 3 is 2.68 bits per heavy atom. The van der Waals surface area contributed by atoms with Gasteiger partial charge in [-0.3, -0.25) is 4.79 Å². The number of nitrogens with zero attached hydrogens (tertiary/aromatic N) is 1. The van der Waals surface area contributed by atoms with Crippen LogP contribution in [0.2, 0.25) is 0 Å². The van der Waals surface area contributed by atoms with Crippen LogP contribution in [0.3, 0.4) is 0 Å². The largest absolute Gasteiger partial charge is 0.381 e. The van der Waals surface area contributed by atoms with Crippen LogP contribution in [0, 0.1) is 12.3 Å². The van der Waals surface area contributed by atoms with Crippen molar-refractivity contribution in [2.45, 2.75) is 46.1 Å². The lowest BCUT2D eigenvalue weighted by Crippen LogP contribution is -2.48. The summed E-state index contributed by atoms with van der Waals surface area (Å²) in [6.07, 6.45) is 1.95. The fourth-order valence-corrected chi connectivity index (χ4v) is 3.38. The Morgan fingerprint density at radius 2 is 2.00 bits per heavy atom. The predicted molar refractivity (Wildman–Crippen MR) is 96.1 cm³/mol. The molecule has 0 spiro atoms. The Kier molecular flexibility index (Phi) is 5.23. The minimum atomic E-state index is -0.481. The molecule has 134 valence electrons. The minimum Gasteiger partial charge on any atom is -0.381 e. The fraction of sp³-hybridized carbons (Fsp3) is 0.500. The lowest BCUT2D eigenvalue weighted by atomic mass is 9.75. The number of amides is 1. The van der Waals surface area contributed by atoms with Crippen molar-refractivity contribution in [3.63, 3.8) is 0 Å². The van der Waals surface area contributed by atoms with Crippen LogP contribution >= 0.6 is 0 Å². The average Bonchev–Trinajstić information content (AvgIpc) is 3.03. The Balaban J connectivity index is 1.83. The summed E-state index contributed by atoms with van der Waals surface area (Å²) in [4.78, 5) is 12.8. The fourth-order valence-electron chi connectivity index (χ4n) is 3.38. The second-order valence-electron chi connectivity index (χ2n) is 7.19. The number of carbonyl (C=O) groups excluding carboxylic acids is 1. The van der Waals surface area contributed by atoms with Crippen molar-refractivity contribution < 1.29 is 14.1 Å². The molecule has 0 atom stereocenters. The van der Waals surface area contributed by atoms with Crippen molar-refractivity contribution in [3.8, 4) is 11.3 Å². The SMILES string of the molecule is Cc1ccccc1-c1cc(CC2(C(=O)NC(C)C)CCOCC2)on1. The number of aryl methyl sites for hydroxylation is 1. The predicted octanol–water partition coefficient (Wildman–Crippen LogP) is 3.51. The summed E-state index contributed by atoms with van der Waals surface area (Å²) in [5.41, 5.74) is 2.55. The van der Waals surface area contributed by atoms with Gasteiger partial charge in [0.05, 0.1) is 5.41 Å². The molecule has 1 aliphatic rings. The van der Waals surface area contributed by atoms with Gasteiger partial charge in [0.2, 0.25) is 5.91 Å². The van der Waals surface area contributed by atoms with Gasteiger partial charge in [-0.1, -0.05) is 29.4 Å². The summed E-state index contributed by atoms with van der Waals surface area (Å²) < 4.78 is 11.1. The maximum absolute atomic E-state index is 12.8. The molecule has 1 aromatic carbocycles. The quantitative estimate of drug-likeness (QED) is 0.903. The van der Waals surface area contributed by atoms with E-state index in [0.29, 0.717) is 32.5 Å². The zero-order valence-corrected chi connectivity index (χ0v) is 15.2. The van der Waals surface area contributed by atoms with E-state index in [9.17, 15) is 4.79 Å². The van der Waals surface area contributed by atoms with Crippen LogP contribution in [0.4, 0.5) is 0 Å². The third kappa shape index (κ3) is 3.93.